The van der Waals surface area contributed by atoms with Crippen LogP contribution in [-0.2, 0) is 17.8 Å². The van der Waals surface area contributed by atoms with E-state index in [9.17, 15) is 4.79 Å². The Morgan fingerprint density at radius 3 is 3.04 bits per heavy atom. The lowest BCUT2D eigenvalue weighted by atomic mass is 9.94. The number of aromatic nitrogens is 3. The molecule has 1 atom stereocenters. The number of nitrogens with zero attached hydrogens (tertiary/aromatic N) is 2. The molecule has 1 amide bonds. The molecular formula is C19H28N4O4. The van der Waals surface area contributed by atoms with Crippen LogP contribution in [0.4, 0.5) is 0 Å². The van der Waals surface area contributed by atoms with Gasteiger partial charge in [0.1, 0.15) is 18.1 Å². The Morgan fingerprint density at radius 1 is 1.48 bits per heavy atom. The van der Waals surface area contributed by atoms with Crippen LogP contribution in [0.1, 0.15) is 67.5 Å². The number of ether oxygens (including phenoxy) is 2. The van der Waals surface area contributed by atoms with Crippen molar-refractivity contribution >= 4 is 5.91 Å². The summed E-state index contributed by atoms with van der Waals surface area (Å²) >= 11 is 0. The fourth-order valence-corrected chi connectivity index (χ4v) is 3.31. The quantitative estimate of drug-likeness (QED) is 0.770. The highest BCUT2D eigenvalue weighted by Crippen LogP contribution is 2.24. The number of aromatic amines is 1. The van der Waals surface area contributed by atoms with Crippen molar-refractivity contribution in [3.8, 4) is 5.88 Å². The molecule has 1 saturated heterocycles. The Morgan fingerprint density at radius 2 is 2.30 bits per heavy atom. The fourth-order valence-electron chi connectivity index (χ4n) is 3.31. The van der Waals surface area contributed by atoms with Gasteiger partial charge in [-0.3, -0.25) is 9.89 Å². The predicted octanol–water partition coefficient (Wildman–Crippen LogP) is 2.93. The number of amides is 1. The Bertz CT molecular complexity index is 781. The summed E-state index contributed by atoms with van der Waals surface area (Å²) in [4.78, 5) is 12.5. The molecule has 148 valence electrons. The van der Waals surface area contributed by atoms with Crippen molar-refractivity contribution in [2.45, 2.75) is 71.6 Å². The molecule has 3 rings (SSSR count). The van der Waals surface area contributed by atoms with Crippen LogP contribution in [0.3, 0.4) is 0 Å². The summed E-state index contributed by atoms with van der Waals surface area (Å²) in [5, 5.41) is 13.9. The van der Waals surface area contributed by atoms with Gasteiger partial charge in [-0.25, -0.2) is 0 Å². The van der Waals surface area contributed by atoms with E-state index in [1.165, 1.54) is 0 Å². The van der Waals surface area contributed by atoms with Crippen LogP contribution in [-0.4, -0.2) is 39.5 Å². The number of carbonyl (C=O) groups excluding carboxylic acids is 1. The van der Waals surface area contributed by atoms with Crippen molar-refractivity contribution in [2.24, 2.45) is 0 Å². The van der Waals surface area contributed by atoms with E-state index >= 15 is 0 Å². The molecule has 2 N–H and O–H groups in total. The second-order valence-corrected chi connectivity index (χ2v) is 7.59. The Labute approximate surface area is 159 Å². The average molecular weight is 376 g/mol. The zero-order chi connectivity index (χ0) is 19.4. The lowest BCUT2D eigenvalue weighted by molar-refractivity contribution is -0.0615. The van der Waals surface area contributed by atoms with E-state index in [1.54, 1.807) is 6.07 Å². The molecule has 1 unspecified atom stereocenters. The third-order valence-corrected chi connectivity index (χ3v) is 4.75. The largest absolute Gasteiger partial charge is 0.472 e. The molecule has 2 aromatic heterocycles. The minimum atomic E-state index is -0.217. The molecule has 1 fully saturated rings. The first-order valence-electron chi connectivity index (χ1n) is 9.45. The van der Waals surface area contributed by atoms with Crippen LogP contribution in [0, 0.1) is 6.92 Å². The summed E-state index contributed by atoms with van der Waals surface area (Å²) in [6.45, 7) is 8.98. The van der Waals surface area contributed by atoms with Crippen molar-refractivity contribution in [1.29, 1.82) is 0 Å². The summed E-state index contributed by atoms with van der Waals surface area (Å²) in [5.74, 6) is 0.928. The van der Waals surface area contributed by atoms with Gasteiger partial charge in [0.25, 0.3) is 5.91 Å². The molecule has 1 aliphatic rings. The van der Waals surface area contributed by atoms with Crippen LogP contribution in [0.15, 0.2) is 10.6 Å². The number of nitrogens with one attached hydrogen (secondary N) is 2. The SMILES string of the molecule is CCCc1noc(C)c1COc1cc(C(=O)NC2CCOC(C)(C)C2)[nH]n1. The second kappa shape index (κ2) is 8.12. The van der Waals surface area contributed by atoms with Gasteiger partial charge in [0.2, 0.25) is 5.88 Å². The van der Waals surface area contributed by atoms with Crippen LogP contribution in [0.2, 0.25) is 0 Å². The topological polar surface area (TPSA) is 102 Å². The maximum Gasteiger partial charge on any atom is 0.269 e. The highest BCUT2D eigenvalue weighted by atomic mass is 16.5. The molecule has 0 bridgehead atoms. The number of carbonyl (C=O) groups is 1. The summed E-state index contributed by atoms with van der Waals surface area (Å²) in [6.07, 6.45) is 3.41. The molecule has 0 spiro atoms. The third kappa shape index (κ3) is 4.88. The highest BCUT2D eigenvalue weighted by molar-refractivity contribution is 5.92. The first-order chi connectivity index (χ1) is 12.9. The molecule has 0 aliphatic carbocycles. The maximum absolute atomic E-state index is 12.5. The molecule has 3 heterocycles. The fraction of sp³-hybridized carbons (Fsp3) is 0.632. The summed E-state index contributed by atoms with van der Waals surface area (Å²) in [7, 11) is 0. The predicted molar refractivity (Wildman–Crippen MR) is 98.7 cm³/mol. The Hall–Kier alpha value is -2.35. The number of aryl methyl sites for hydroxylation is 2. The van der Waals surface area contributed by atoms with Gasteiger partial charge in [-0.05, 0) is 40.0 Å². The van der Waals surface area contributed by atoms with Crippen molar-refractivity contribution in [3.63, 3.8) is 0 Å². The zero-order valence-electron chi connectivity index (χ0n) is 16.4. The van der Waals surface area contributed by atoms with E-state index < -0.39 is 0 Å². The molecule has 27 heavy (non-hydrogen) atoms. The van der Waals surface area contributed by atoms with Gasteiger partial charge in [0.15, 0.2) is 0 Å². The Kier molecular flexibility index (Phi) is 5.84. The molecule has 8 nitrogen and oxygen atoms in total. The monoisotopic (exact) mass is 376 g/mol. The molecule has 1 aliphatic heterocycles. The van der Waals surface area contributed by atoms with Gasteiger partial charge in [-0.2, -0.15) is 0 Å². The van der Waals surface area contributed by atoms with Crippen molar-refractivity contribution < 1.29 is 18.8 Å². The van der Waals surface area contributed by atoms with Crippen LogP contribution in [0.5, 0.6) is 5.88 Å². The number of hydrogen-bond donors (Lipinski definition) is 2. The van der Waals surface area contributed by atoms with Crippen LogP contribution in [0.25, 0.3) is 0 Å². The van der Waals surface area contributed by atoms with Gasteiger partial charge in [-0.1, -0.05) is 18.5 Å². The van der Waals surface area contributed by atoms with E-state index in [1.807, 2.05) is 20.8 Å². The van der Waals surface area contributed by atoms with Gasteiger partial charge in [0.05, 0.1) is 16.9 Å². The first kappa shape index (κ1) is 19.4. The van der Waals surface area contributed by atoms with Gasteiger partial charge < -0.3 is 19.3 Å². The van der Waals surface area contributed by atoms with E-state index in [-0.39, 0.29) is 17.6 Å². The van der Waals surface area contributed by atoms with Crippen LogP contribution >= 0.6 is 0 Å². The Balaban J connectivity index is 1.57. The third-order valence-electron chi connectivity index (χ3n) is 4.75. The maximum atomic E-state index is 12.5. The van der Waals surface area contributed by atoms with Gasteiger partial charge >= 0.3 is 0 Å². The number of rotatable bonds is 7. The molecule has 0 saturated carbocycles. The zero-order valence-corrected chi connectivity index (χ0v) is 16.4. The number of hydrogen-bond acceptors (Lipinski definition) is 6. The lowest BCUT2D eigenvalue weighted by Crippen LogP contribution is -2.45. The minimum Gasteiger partial charge on any atom is -0.472 e. The average Bonchev–Trinajstić information content (AvgIpc) is 3.20. The summed E-state index contributed by atoms with van der Waals surface area (Å²) in [5.41, 5.74) is 2.01. The van der Waals surface area contributed by atoms with Crippen molar-refractivity contribution in [1.82, 2.24) is 20.7 Å². The molecular weight excluding hydrogens is 348 g/mol. The molecule has 8 heteroatoms. The number of H-pyrrole nitrogens is 1. The first-order valence-corrected chi connectivity index (χ1v) is 9.45. The summed E-state index contributed by atoms with van der Waals surface area (Å²) in [6, 6.07) is 1.70. The molecule has 2 aromatic rings. The van der Waals surface area contributed by atoms with Gasteiger partial charge in [-0.15, -0.1) is 5.10 Å². The van der Waals surface area contributed by atoms with Gasteiger partial charge in [0, 0.05) is 18.7 Å². The molecule has 0 aromatic carbocycles. The van der Waals surface area contributed by atoms with Crippen molar-refractivity contribution in [2.75, 3.05) is 6.61 Å². The highest BCUT2D eigenvalue weighted by Gasteiger charge is 2.30. The van der Waals surface area contributed by atoms with E-state index in [0.717, 1.165) is 42.7 Å². The van der Waals surface area contributed by atoms with E-state index in [0.29, 0.717) is 24.8 Å². The molecule has 0 radical (unpaired) electrons. The van der Waals surface area contributed by atoms with E-state index in [4.69, 9.17) is 14.0 Å². The second-order valence-electron chi connectivity index (χ2n) is 7.59. The summed E-state index contributed by atoms with van der Waals surface area (Å²) < 4.78 is 16.7. The standard InChI is InChI=1S/C19H28N4O4/c1-5-6-15-14(12(2)27-23-15)11-25-17-9-16(21-22-17)18(24)20-13-7-8-26-19(3,4)10-13/h9,13H,5-8,10-11H2,1-4H3,(H,20,24)(H,21,22). The van der Waals surface area contributed by atoms with Crippen molar-refractivity contribution in [3.05, 3.63) is 28.8 Å². The van der Waals surface area contributed by atoms with E-state index in [2.05, 4.69) is 27.6 Å². The smallest absolute Gasteiger partial charge is 0.269 e. The normalized spacial score (nSPS) is 19.0. The minimum absolute atomic E-state index is 0.0881. The van der Waals surface area contributed by atoms with Crippen LogP contribution < -0.4 is 10.1 Å². The lowest BCUT2D eigenvalue weighted by Gasteiger charge is -2.35.